The van der Waals surface area contributed by atoms with Gasteiger partial charge < -0.3 is 0 Å². The second kappa shape index (κ2) is 6.07. The highest BCUT2D eigenvalue weighted by molar-refractivity contribution is 7.98. The fourth-order valence-electron chi connectivity index (χ4n) is 1.76. The molecular weight excluding hydrogens is 264 g/mol. The van der Waals surface area contributed by atoms with E-state index in [-0.39, 0.29) is 5.78 Å². The Morgan fingerprint density at radius 2 is 1.78 bits per heavy atom. The summed E-state index contributed by atoms with van der Waals surface area (Å²) in [6.07, 6.45) is 2.39. The van der Waals surface area contributed by atoms with Crippen LogP contribution in [0.4, 0.5) is 0 Å². The Bertz CT molecular complexity index is 549. The summed E-state index contributed by atoms with van der Waals surface area (Å²) in [5.41, 5.74) is 1.78. The maximum atomic E-state index is 12.2. The summed E-state index contributed by atoms with van der Waals surface area (Å²) in [5.74, 6) is 0.141. The fraction of sp³-hybridized carbons (Fsp3) is 0.133. The summed E-state index contributed by atoms with van der Waals surface area (Å²) in [5, 5.41) is 0.690. The molecule has 0 bridgehead atoms. The van der Waals surface area contributed by atoms with Crippen LogP contribution in [-0.4, -0.2) is 12.0 Å². The molecule has 0 atom stereocenters. The minimum atomic E-state index is 0.141. The van der Waals surface area contributed by atoms with E-state index < -0.39 is 0 Å². The standard InChI is InChI=1S/C15H13ClOS/c1-18-15-5-3-2-4-13(15)14(17)10-11-6-8-12(16)9-7-11/h2-9H,10H2,1H3. The number of carbonyl (C=O) groups excluding carboxylic acids is 1. The topological polar surface area (TPSA) is 17.1 Å². The molecule has 3 heteroatoms. The van der Waals surface area contributed by atoms with Gasteiger partial charge in [0.25, 0.3) is 0 Å². The maximum absolute atomic E-state index is 12.2. The van der Waals surface area contributed by atoms with Gasteiger partial charge in [-0.25, -0.2) is 0 Å². The quantitative estimate of drug-likeness (QED) is 0.605. The first-order valence-corrected chi connectivity index (χ1v) is 7.21. The van der Waals surface area contributed by atoms with E-state index in [2.05, 4.69) is 0 Å². The van der Waals surface area contributed by atoms with E-state index in [4.69, 9.17) is 11.6 Å². The third-order valence-corrected chi connectivity index (χ3v) is 3.73. The van der Waals surface area contributed by atoms with Gasteiger partial charge in [0.2, 0.25) is 0 Å². The van der Waals surface area contributed by atoms with E-state index in [1.54, 1.807) is 11.8 Å². The number of halogens is 1. The summed E-state index contributed by atoms with van der Waals surface area (Å²) in [6, 6.07) is 15.1. The van der Waals surface area contributed by atoms with Gasteiger partial charge in [0, 0.05) is 21.9 Å². The Hall–Kier alpha value is -1.25. The summed E-state index contributed by atoms with van der Waals surface area (Å²) in [4.78, 5) is 13.3. The highest BCUT2D eigenvalue weighted by Crippen LogP contribution is 2.21. The van der Waals surface area contributed by atoms with Gasteiger partial charge in [-0.3, -0.25) is 4.79 Å². The smallest absolute Gasteiger partial charge is 0.168 e. The molecule has 0 aliphatic carbocycles. The average molecular weight is 277 g/mol. The molecule has 0 unspecified atom stereocenters. The van der Waals surface area contributed by atoms with Crippen LogP contribution in [-0.2, 0) is 6.42 Å². The lowest BCUT2D eigenvalue weighted by molar-refractivity contribution is 0.0990. The average Bonchev–Trinajstić information content (AvgIpc) is 2.41. The second-order valence-corrected chi connectivity index (χ2v) is 5.21. The molecule has 0 aliphatic heterocycles. The maximum Gasteiger partial charge on any atom is 0.168 e. The van der Waals surface area contributed by atoms with Gasteiger partial charge in [0.1, 0.15) is 0 Å². The zero-order chi connectivity index (χ0) is 13.0. The molecular formula is C15H13ClOS. The molecule has 0 saturated carbocycles. The first-order chi connectivity index (χ1) is 8.70. The second-order valence-electron chi connectivity index (χ2n) is 3.93. The Morgan fingerprint density at radius 3 is 2.44 bits per heavy atom. The zero-order valence-electron chi connectivity index (χ0n) is 10.0. The number of hydrogen-bond acceptors (Lipinski definition) is 2. The van der Waals surface area contributed by atoms with Crippen molar-refractivity contribution in [1.82, 2.24) is 0 Å². The highest BCUT2D eigenvalue weighted by Gasteiger charge is 2.10. The lowest BCUT2D eigenvalue weighted by atomic mass is 10.0. The summed E-state index contributed by atoms with van der Waals surface area (Å²) in [6.45, 7) is 0. The van der Waals surface area contributed by atoms with E-state index in [9.17, 15) is 4.79 Å². The van der Waals surface area contributed by atoms with Gasteiger partial charge in [-0.2, -0.15) is 0 Å². The van der Waals surface area contributed by atoms with Crippen molar-refractivity contribution in [1.29, 1.82) is 0 Å². The molecule has 0 saturated heterocycles. The van der Waals surface area contributed by atoms with Crippen molar-refractivity contribution in [2.45, 2.75) is 11.3 Å². The molecule has 2 aromatic rings. The largest absolute Gasteiger partial charge is 0.294 e. The van der Waals surface area contributed by atoms with Gasteiger partial charge >= 0.3 is 0 Å². The van der Waals surface area contributed by atoms with Crippen molar-refractivity contribution < 1.29 is 4.79 Å². The summed E-state index contributed by atoms with van der Waals surface area (Å²) >= 11 is 7.42. The number of rotatable bonds is 4. The molecule has 0 radical (unpaired) electrons. The van der Waals surface area contributed by atoms with E-state index in [1.807, 2.05) is 54.8 Å². The van der Waals surface area contributed by atoms with Crippen LogP contribution in [0.25, 0.3) is 0 Å². The van der Waals surface area contributed by atoms with Crippen molar-refractivity contribution >= 4 is 29.1 Å². The van der Waals surface area contributed by atoms with Crippen molar-refractivity contribution in [2.75, 3.05) is 6.26 Å². The lowest BCUT2D eigenvalue weighted by Gasteiger charge is -2.06. The molecule has 0 spiro atoms. The third kappa shape index (κ3) is 3.15. The van der Waals surface area contributed by atoms with Gasteiger partial charge in [0.05, 0.1) is 0 Å². The van der Waals surface area contributed by atoms with Crippen molar-refractivity contribution in [2.24, 2.45) is 0 Å². The van der Waals surface area contributed by atoms with Crippen LogP contribution in [0.5, 0.6) is 0 Å². The third-order valence-electron chi connectivity index (χ3n) is 2.69. The van der Waals surface area contributed by atoms with Gasteiger partial charge in [-0.05, 0) is 30.0 Å². The van der Waals surface area contributed by atoms with Gasteiger partial charge in [-0.1, -0.05) is 41.9 Å². The first-order valence-electron chi connectivity index (χ1n) is 5.61. The molecule has 0 heterocycles. The van der Waals surface area contributed by atoms with Crippen molar-refractivity contribution in [3.8, 4) is 0 Å². The summed E-state index contributed by atoms with van der Waals surface area (Å²) < 4.78 is 0. The molecule has 1 nitrogen and oxygen atoms in total. The zero-order valence-corrected chi connectivity index (χ0v) is 11.6. The SMILES string of the molecule is CSc1ccccc1C(=O)Cc1ccc(Cl)cc1. The Morgan fingerprint density at radius 1 is 1.11 bits per heavy atom. The molecule has 0 aromatic heterocycles. The number of Topliss-reactive ketones (excluding diaryl/α,β-unsaturated/α-hetero) is 1. The molecule has 0 amide bonds. The molecule has 2 rings (SSSR count). The molecule has 0 N–H and O–H groups in total. The number of hydrogen-bond donors (Lipinski definition) is 0. The number of carbonyl (C=O) groups is 1. The van der Waals surface area contributed by atoms with E-state index in [0.717, 1.165) is 16.0 Å². The normalized spacial score (nSPS) is 10.3. The molecule has 0 fully saturated rings. The van der Waals surface area contributed by atoms with E-state index in [1.165, 1.54) is 0 Å². The highest BCUT2D eigenvalue weighted by atomic mass is 35.5. The van der Waals surface area contributed by atoms with Crippen LogP contribution in [0.2, 0.25) is 5.02 Å². The van der Waals surface area contributed by atoms with Crippen LogP contribution >= 0.6 is 23.4 Å². The van der Waals surface area contributed by atoms with Crippen LogP contribution in [0.1, 0.15) is 15.9 Å². The molecule has 2 aromatic carbocycles. The lowest BCUT2D eigenvalue weighted by Crippen LogP contribution is -2.04. The van der Waals surface area contributed by atoms with Gasteiger partial charge in [0.15, 0.2) is 5.78 Å². The van der Waals surface area contributed by atoms with Crippen molar-refractivity contribution in [3.63, 3.8) is 0 Å². The van der Waals surface area contributed by atoms with Crippen LogP contribution < -0.4 is 0 Å². The molecule has 92 valence electrons. The fourth-order valence-corrected chi connectivity index (χ4v) is 2.50. The minimum absolute atomic E-state index is 0.141. The Balaban J connectivity index is 2.19. The van der Waals surface area contributed by atoms with Crippen LogP contribution in [0.15, 0.2) is 53.4 Å². The van der Waals surface area contributed by atoms with Gasteiger partial charge in [-0.15, -0.1) is 11.8 Å². The van der Waals surface area contributed by atoms with Crippen LogP contribution in [0, 0.1) is 0 Å². The monoisotopic (exact) mass is 276 g/mol. The number of thioether (sulfide) groups is 1. The first kappa shape index (κ1) is 13.2. The Labute approximate surface area is 116 Å². The molecule has 18 heavy (non-hydrogen) atoms. The minimum Gasteiger partial charge on any atom is -0.294 e. The summed E-state index contributed by atoms with van der Waals surface area (Å²) in [7, 11) is 0. The van der Waals surface area contributed by atoms with Crippen molar-refractivity contribution in [3.05, 3.63) is 64.7 Å². The molecule has 0 aliphatic rings. The Kier molecular flexibility index (Phi) is 4.45. The predicted molar refractivity (Wildman–Crippen MR) is 77.7 cm³/mol. The number of ketones is 1. The van der Waals surface area contributed by atoms with Crippen LogP contribution in [0.3, 0.4) is 0 Å². The van der Waals surface area contributed by atoms with E-state index in [0.29, 0.717) is 11.4 Å². The van der Waals surface area contributed by atoms with E-state index >= 15 is 0 Å². The number of benzene rings is 2. The predicted octanol–water partition coefficient (Wildman–Crippen LogP) is 4.49.